The fourth-order valence-electron chi connectivity index (χ4n) is 1.98. The molecule has 3 rings (SSSR count). The van der Waals surface area contributed by atoms with Gasteiger partial charge in [-0.15, -0.1) is 11.8 Å². The van der Waals surface area contributed by atoms with E-state index in [4.69, 9.17) is 0 Å². The molecule has 4 heteroatoms. The summed E-state index contributed by atoms with van der Waals surface area (Å²) in [6, 6.07) is 16.9. The van der Waals surface area contributed by atoms with E-state index in [1.54, 1.807) is 0 Å². The van der Waals surface area contributed by atoms with E-state index in [-0.39, 0.29) is 0 Å². The van der Waals surface area contributed by atoms with Crippen molar-refractivity contribution < 1.29 is 0 Å². The first-order valence-electron chi connectivity index (χ1n) is 6.46. The number of nitrogens with zero attached hydrogens (tertiary/aromatic N) is 2. The predicted molar refractivity (Wildman–Crippen MR) is 82.6 cm³/mol. The van der Waals surface area contributed by atoms with E-state index >= 15 is 0 Å². The summed E-state index contributed by atoms with van der Waals surface area (Å²) in [6.07, 6.45) is 1.53. The molecule has 0 atom stereocenters. The Bertz CT molecular complexity index is 678. The lowest BCUT2D eigenvalue weighted by Crippen LogP contribution is -1.86. The van der Waals surface area contributed by atoms with Crippen LogP contribution in [0, 0.1) is 6.92 Å². The summed E-state index contributed by atoms with van der Waals surface area (Å²) in [5.74, 6) is 1.79. The van der Waals surface area contributed by atoms with Gasteiger partial charge in [-0.2, -0.15) is 5.10 Å². The molecule has 0 fully saturated rings. The second kappa shape index (κ2) is 5.92. The second-order valence-electron chi connectivity index (χ2n) is 4.59. The molecule has 1 aromatic heterocycles. The smallest absolute Gasteiger partial charge is 0.155 e. The van der Waals surface area contributed by atoms with E-state index in [0.717, 1.165) is 17.1 Å². The lowest BCUT2D eigenvalue weighted by molar-refractivity contribution is 1.09. The largest absolute Gasteiger partial charge is 0.259 e. The number of H-pyrrole nitrogens is 1. The number of rotatable bonds is 4. The summed E-state index contributed by atoms with van der Waals surface area (Å²) in [7, 11) is 0. The Kier molecular flexibility index (Phi) is 3.83. The Hall–Kier alpha value is -2.07. The minimum Gasteiger partial charge on any atom is -0.259 e. The van der Waals surface area contributed by atoms with Crippen LogP contribution in [0.15, 0.2) is 59.8 Å². The molecule has 0 saturated heterocycles. The summed E-state index contributed by atoms with van der Waals surface area (Å²) in [4.78, 5) is 5.48. The van der Waals surface area contributed by atoms with Gasteiger partial charge in [0.1, 0.15) is 6.33 Å². The molecule has 0 unspecified atom stereocenters. The summed E-state index contributed by atoms with van der Waals surface area (Å²) in [5, 5.41) is 6.80. The quantitative estimate of drug-likeness (QED) is 0.733. The Morgan fingerprint density at radius 1 is 1.10 bits per heavy atom. The summed E-state index contributed by atoms with van der Waals surface area (Å²) >= 11 is 1.85. The van der Waals surface area contributed by atoms with E-state index in [1.807, 2.05) is 17.8 Å². The highest BCUT2D eigenvalue weighted by Crippen LogP contribution is 2.29. The van der Waals surface area contributed by atoms with Crippen molar-refractivity contribution in [2.45, 2.75) is 17.6 Å². The third-order valence-corrected chi connectivity index (χ3v) is 4.34. The van der Waals surface area contributed by atoms with Crippen molar-refractivity contribution in [1.29, 1.82) is 0 Å². The van der Waals surface area contributed by atoms with Crippen LogP contribution < -0.4 is 0 Å². The van der Waals surface area contributed by atoms with Gasteiger partial charge in [-0.25, -0.2) is 4.98 Å². The molecule has 0 spiro atoms. The Morgan fingerprint density at radius 2 is 1.95 bits per heavy atom. The summed E-state index contributed by atoms with van der Waals surface area (Å²) in [5.41, 5.74) is 3.69. The maximum atomic E-state index is 4.20. The average Bonchev–Trinajstić information content (AvgIpc) is 3.02. The molecule has 100 valence electrons. The highest BCUT2D eigenvalue weighted by atomic mass is 32.2. The maximum absolute atomic E-state index is 4.20. The number of nitrogens with one attached hydrogen (secondary N) is 1. The molecule has 0 radical (unpaired) electrons. The molecule has 0 amide bonds. The van der Waals surface area contributed by atoms with Crippen molar-refractivity contribution in [2.75, 3.05) is 0 Å². The van der Waals surface area contributed by atoms with Crippen molar-refractivity contribution in [3.63, 3.8) is 0 Å². The molecular weight excluding hydrogens is 266 g/mol. The maximum Gasteiger partial charge on any atom is 0.155 e. The molecular formula is C16H15N3S. The SMILES string of the molecule is Cc1ccc(-c2ncn[nH]2)cc1SCc1ccccc1. The third-order valence-electron chi connectivity index (χ3n) is 3.11. The van der Waals surface area contributed by atoms with Crippen LogP contribution in [0.2, 0.25) is 0 Å². The number of benzene rings is 2. The van der Waals surface area contributed by atoms with E-state index in [1.165, 1.54) is 22.3 Å². The molecule has 3 nitrogen and oxygen atoms in total. The van der Waals surface area contributed by atoms with E-state index in [2.05, 4.69) is 64.6 Å². The van der Waals surface area contributed by atoms with Gasteiger partial charge in [-0.05, 0) is 24.1 Å². The van der Waals surface area contributed by atoms with E-state index < -0.39 is 0 Å². The average molecular weight is 281 g/mol. The van der Waals surface area contributed by atoms with Crippen LogP contribution in [-0.4, -0.2) is 15.2 Å². The van der Waals surface area contributed by atoms with Gasteiger partial charge in [-0.3, -0.25) is 5.10 Å². The normalized spacial score (nSPS) is 10.7. The zero-order valence-electron chi connectivity index (χ0n) is 11.2. The van der Waals surface area contributed by atoms with Crippen LogP contribution in [0.4, 0.5) is 0 Å². The van der Waals surface area contributed by atoms with Crippen LogP contribution in [-0.2, 0) is 5.75 Å². The third kappa shape index (κ3) is 2.91. The molecule has 1 heterocycles. The first kappa shape index (κ1) is 12.9. The van der Waals surface area contributed by atoms with Gasteiger partial charge in [-0.1, -0.05) is 42.5 Å². The van der Waals surface area contributed by atoms with Crippen LogP contribution in [0.1, 0.15) is 11.1 Å². The van der Waals surface area contributed by atoms with Gasteiger partial charge in [0.15, 0.2) is 5.82 Å². The summed E-state index contributed by atoms with van der Waals surface area (Å²) in [6.45, 7) is 2.14. The van der Waals surface area contributed by atoms with Crippen LogP contribution in [0.5, 0.6) is 0 Å². The molecule has 0 aliphatic rings. The number of aryl methyl sites for hydroxylation is 1. The highest BCUT2D eigenvalue weighted by molar-refractivity contribution is 7.98. The van der Waals surface area contributed by atoms with Gasteiger partial charge in [0, 0.05) is 16.2 Å². The molecule has 0 aliphatic carbocycles. The van der Waals surface area contributed by atoms with E-state index in [0.29, 0.717) is 0 Å². The zero-order chi connectivity index (χ0) is 13.8. The standard InChI is InChI=1S/C16H15N3S/c1-12-7-8-14(16-17-11-18-19-16)9-15(12)20-10-13-5-3-2-4-6-13/h2-9,11H,10H2,1H3,(H,17,18,19). The van der Waals surface area contributed by atoms with Crippen LogP contribution in [0.3, 0.4) is 0 Å². The number of thioether (sulfide) groups is 1. The first-order chi connectivity index (χ1) is 9.83. The number of aromatic amines is 1. The lowest BCUT2D eigenvalue weighted by Gasteiger charge is -2.07. The number of aromatic nitrogens is 3. The monoisotopic (exact) mass is 281 g/mol. The topological polar surface area (TPSA) is 41.6 Å². The van der Waals surface area contributed by atoms with Crippen molar-refractivity contribution in [3.8, 4) is 11.4 Å². The van der Waals surface area contributed by atoms with Gasteiger partial charge >= 0.3 is 0 Å². The van der Waals surface area contributed by atoms with Gasteiger partial charge in [0.2, 0.25) is 0 Å². The first-order valence-corrected chi connectivity index (χ1v) is 7.44. The Labute approximate surface area is 122 Å². The Morgan fingerprint density at radius 3 is 2.70 bits per heavy atom. The second-order valence-corrected chi connectivity index (χ2v) is 5.61. The minimum atomic E-state index is 0.812. The molecule has 0 bridgehead atoms. The van der Waals surface area contributed by atoms with Gasteiger partial charge < -0.3 is 0 Å². The van der Waals surface area contributed by atoms with E-state index in [9.17, 15) is 0 Å². The number of hydrogen-bond acceptors (Lipinski definition) is 3. The molecule has 1 N–H and O–H groups in total. The molecule has 3 aromatic rings. The van der Waals surface area contributed by atoms with Gasteiger partial charge in [0.25, 0.3) is 0 Å². The fraction of sp³-hybridized carbons (Fsp3) is 0.125. The highest BCUT2D eigenvalue weighted by Gasteiger charge is 2.05. The molecule has 0 aliphatic heterocycles. The molecule has 0 saturated carbocycles. The van der Waals surface area contributed by atoms with Crippen molar-refractivity contribution in [2.24, 2.45) is 0 Å². The van der Waals surface area contributed by atoms with Crippen molar-refractivity contribution in [1.82, 2.24) is 15.2 Å². The van der Waals surface area contributed by atoms with Crippen molar-refractivity contribution in [3.05, 3.63) is 66.0 Å². The lowest BCUT2D eigenvalue weighted by atomic mass is 10.1. The minimum absolute atomic E-state index is 0.812. The summed E-state index contributed by atoms with van der Waals surface area (Å²) < 4.78 is 0. The van der Waals surface area contributed by atoms with Crippen molar-refractivity contribution >= 4 is 11.8 Å². The number of hydrogen-bond donors (Lipinski definition) is 1. The zero-order valence-corrected chi connectivity index (χ0v) is 12.0. The Balaban J connectivity index is 1.80. The predicted octanol–water partition coefficient (Wildman–Crippen LogP) is 4.07. The molecule has 20 heavy (non-hydrogen) atoms. The van der Waals surface area contributed by atoms with Crippen LogP contribution >= 0.6 is 11.8 Å². The van der Waals surface area contributed by atoms with Crippen LogP contribution in [0.25, 0.3) is 11.4 Å². The van der Waals surface area contributed by atoms with Gasteiger partial charge in [0.05, 0.1) is 0 Å². The molecule has 2 aromatic carbocycles. The fourth-order valence-corrected chi connectivity index (χ4v) is 3.00.